The van der Waals surface area contributed by atoms with Gasteiger partial charge in [0.05, 0.1) is 12.8 Å². The van der Waals surface area contributed by atoms with Gasteiger partial charge in [-0.05, 0) is 37.0 Å². The van der Waals surface area contributed by atoms with E-state index < -0.39 is 0 Å². The van der Waals surface area contributed by atoms with E-state index in [1.165, 1.54) is 11.8 Å². The molecule has 1 amide bonds. The van der Waals surface area contributed by atoms with Gasteiger partial charge in [0.1, 0.15) is 11.4 Å². The minimum absolute atomic E-state index is 0.148. The van der Waals surface area contributed by atoms with Gasteiger partial charge in [-0.2, -0.15) is 0 Å². The molecule has 0 fully saturated rings. The number of methoxy groups -OCH3 is 1. The lowest BCUT2D eigenvalue weighted by molar-refractivity contribution is -0.113. The van der Waals surface area contributed by atoms with Crippen molar-refractivity contribution in [2.24, 2.45) is 4.99 Å². The van der Waals surface area contributed by atoms with E-state index in [-0.39, 0.29) is 5.91 Å². The van der Waals surface area contributed by atoms with Crippen molar-refractivity contribution in [1.82, 2.24) is 0 Å². The van der Waals surface area contributed by atoms with Crippen molar-refractivity contribution in [3.8, 4) is 5.75 Å². The van der Waals surface area contributed by atoms with Crippen LogP contribution in [-0.2, 0) is 4.79 Å². The number of thioether (sulfide) groups is 1. The van der Waals surface area contributed by atoms with E-state index in [0.717, 1.165) is 11.1 Å². The Labute approximate surface area is 145 Å². The largest absolute Gasteiger partial charge is 0.495 e. The summed E-state index contributed by atoms with van der Waals surface area (Å²) < 4.78 is 5.39. The first-order valence-electron chi connectivity index (χ1n) is 7.52. The zero-order chi connectivity index (χ0) is 17.1. The summed E-state index contributed by atoms with van der Waals surface area (Å²) in [5, 5.41) is 0.642. The number of hydrogen-bond donors (Lipinski definition) is 0. The molecule has 0 radical (unpaired) electrons. The standard InChI is InChI=1S/C19H18N2O2S/c1-13-7-6-8-14(11-13)12-15-18(22)21(19(20-15)24-3)16-9-4-5-10-17(16)23-2/h4-12H,1-3H3/b15-12-. The van der Waals surface area contributed by atoms with Gasteiger partial charge in [0, 0.05) is 0 Å². The fourth-order valence-electron chi connectivity index (χ4n) is 2.58. The summed E-state index contributed by atoms with van der Waals surface area (Å²) in [6.07, 6.45) is 3.73. The fraction of sp³-hybridized carbons (Fsp3) is 0.158. The SMILES string of the molecule is COc1ccccc1N1C(=O)/C(=C/c2cccc(C)c2)N=C1SC. The number of aliphatic imine (C=N–C) groups is 1. The van der Waals surface area contributed by atoms with Gasteiger partial charge < -0.3 is 4.74 Å². The quantitative estimate of drug-likeness (QED) is 0.791. The molecule has 1 aliphatic rings. The van der Waals surface area contributed by atoms with Crippen LogP contribution in [0.2, 0.25) is 0 Å². The van der Waals surface area contributed by atoms with Crippen LogP contribution in [0.4, 0.5) is 5.69 Å². The van der Waals surface area contributed by atoms with Crippen LogP contribution >= 0.6 is 11.8 Å². The smallest absolute Gasteiger partial charge is 0.283 e. The predicted molar refractivity (Wildman–Crippen MR) is 101 cm³/mol. The summed E-state index contributed by atoms with van der Waals surface area (Å²) in [4.78, 5) is 19.0. The molecular weight excluding hydrogens is 320 g/mol. The summed E-state index contributed by atoms with van der Waals surface area (Å²) in [6, 6.07) is 15.4. The topological polar surface area (TPSA) is 41.9 Å². The number of aryl methyl sites for hydroxylation is 1. The molecule has 4 nitrogen and oxygen atoms in total. The lowest BCUT2D eigenvalue weighted by atomic mass is 10.1. The van der Waals surface area contributed by atoms with Crippen LogP contribution in [0.25, 0.3) is 6.08 Å². The van der Waals surface area contributed by atoms with Crippen LogP contribution in [0.3, 0.4) is 0 Å². The van der Waals surface area contributed by atoms with Gasteiger partial charge in [0.25, 0.3) is 5.91 Å². The summed E-state index contributed by atoms with van der Waals surface area (Å²) in [7, 11) is 1.60. The second-order valence-corrected chi connectivity index (χ2v) is 6.13. The van der Waals surface area contributed by atoms with Crippen molar-refractivity contribution in [3.63, 3.8) is 0 Å². The summed E-state index contributed by atoms with van der Waals surface area (Å²) in [5.74, 6) is 0.495. The van der Waals surface area contributed by atoms with E-state index in [2.05, 4.69) is 4.99 Å². The first-order chi connectivity index (χ1) is 11.6. The second-order valence-electron chi connectivity index (χ2n) is 5.35. The van der Waals surface area contributed by atoms with E-state index in [0.29, 0.717) is 22.3 Å². The monoisotopic (exact) mass is 338 g/mol. The van der Waals surface area contributed by atoms with Crippen LogP contribution in [-0.4, -0.2) is 24.4 Å². The number of carbonyl (C=O) groups is 1. The minimum atomic E-state index is -0.148. The molecule has 0 saturated heterocycles. The van der Waals surface area contributed by atoms with Gasteiger partial charge in [0.2, 0.25) is 0 Å². The third-order valence-corrected chi connectivity index (χ3v) is 4.32. The summed E-state index contributed by atoms with van der Waals surface area (Å²) >= 11 is 1.43. The van der Waals surface area contributed by atoms with Crippen LogP contribution in [0.1, 0.15) is 11.1 Å². The summed E-state index contributed by atoms with van der Waals surface area (Å²) in [6.45, 7) is 2.02. The van der Waals surface area contributed by atoms with E-state index >= 15 is 0 Å². The Morgan fingerprint density at radius 2 is 1.96 bits per heavy atom. The van der Waals surface area contributed by atoms with Crippen molar-refractivity contribution in [2.75, 3.05) is 18.3 Å². The Balaban J connectivity index is 2.02. The Morgan fingerprint density at radius 1 is 1.17 bits per heavy atom. The molecule has 0 spiro atoms. The molecule has 0 aliphatic carbocycles. The number of nitrogens with zero attached hydrogens (tertiary/aromatic N) is 2. The molecule has 0 bridgehead atoms. The van der Waals surface area contributed by atoms with Crippen LogP contribution in [0, 0.1) is 6.92 Å². The molecule has 3 rings (SSSR count). The number of ether oxygens (including phenoxy) is 1. The minimum Gasteiger partial charge on any atom is -0.495 e. The van der Waals surface area contributed by atoms with E-state index in [1.807, 2.05) is 67.8 Å². The maximum Gasteiger partial charge on any atom is 0.283 e. The lowest BCUT2D eigenvalue weighted by Gasteiger charge is -2.19. The average Bonchev–Trinajstić information content (AvgIpc) is 2.90. The molecule has 24 heavy (non-hydrogen) atoms. The van der Waals surface area contributed by atoms with Crippen molar-refractivity contribution in [1.29, 1.82) is 0 Å². The third kappa shape index (κ3) is 3.08. The van der Waals surface area contributed by atoms with Gasteiger partial charge in [-0.25, -0.2) is 9.89 Å². The zero-order valence-corrected chi connectivity index (χ0v) is 14.6. The molecule has 0 saturated carbocycles. The van der Waals surface area contributed by atoms with Crippen molar-refractivity contribution in [2.45, 2.75) is 6.92 Å². The molecule has 0 N–H and O–H groups in total. The predicted octanol–water partition coefficient (Wildman–Crippen LogP) is 4.11. The first-order valence-corrected chi connectivity index (χ1v) is 8.75. The molecule has 122 valence electrons. The summed E-state index contributed by atoms with van der Waals surface area (Å²) in [5.41, 5.74) is 3.23. The number of benzene rings is 2. The molecule has 1 aliphatic heterocycles. The molecule has 0 atom stereocenters. The maximum absolute atomic E-state index is 12.9. The number of rotatable bonds is 3. The van der Waals surface area contributed by atoms with Gasteiger partial charge in [0.15, 0.2) is 5.17 Å². The molecule has 0 unspecified atom stereocenters. The highest BCUT2D eigenvalue weighted by atomic mass is 32.2. The van der Waals surface area contributed by atoms with Crippen LogP contribution in [0.5, 0.6) is 5.75 Å². The van der Waals surface area contributed by atoms with Gasteiger partial charge in [-0.1, -0.05) is 53.7 Å². The number of hydrogen-bond acceptors (Lipinski definition) is 4. The van der Waals surface area contributed by atoms with E-state index in [1.54, 1.807) is 12.0 Å². The van der Waals surface area contributed by atoms with Crippen LogP contribution in [0.15, 0.2) is 59.2 Å². The van der Waals surface area contributed by atoms with Crippen molar-refractivity contribution in [3.05, 3.63) is 65.4 Å². The number of amidine groups is 1. The number of carbonyl (C=O) groups excluding carboxylic acids is 1. The lowest BCUT2D eigenvalue weighted by Crippen LogP contribution is -2.30. The molecule has 2 aromatic rings. The number of amides is 1. The Morgan fingerprint density at radius 3 is 2.67 bits per heavy atom. The van der Waals surface area contributed by atoms with Crippen molar-refractivity contribution < 1.29 is 9.53 Å². The highest BCUT2D eigenvalue weighted by Crippen LogP contribution is 2.34. The third-order valence-electron chi connectivity index (χ3n) is 3.68. The Kier molecular flexibility index (Phi) is 4.71. The molecular formula is C19H18N2O2S. The first kappa shape index (κ1) is 16.3. The maximum atomic E-state index is 12.9. The average molecular weight is 338 g/mol. The zero-order valence-electron chi connectivity index (χ0n) is 13.8. The van der Waals surface area contributed by atoms with E-state index in [4.69, 9.17) is 4.74 Å². The van der Waals surface area contributed by atoms with Gasteiger partial charge in [-0.15, -0.1) is 0 Å². The highest BCUT2D eigenvalue weighted by Gasteiger charge is 2.32. The molecule has 5 heteroatoms. The van der Waals surface area contributed by atoms with Gasteiger partial charge >= 0.3 is 0 Å². The van der Waals surface area contributed by atoms with Gasteiger partial charge in [-0.3, -0.25) is 4.79 Å². The fourth-order valence-corrected chi connectivity index (χ4v) is 3.13. The molecule has 1 heterocycles. The van der Waals surface area contributed by atoms with Crippen LogP contribution < -0.4 is 9.64 Å². The second kappa shape index (κ2) is 6.93. The Hall–Kier alpha value is -2.53. The van der Waals surface area contributed by atoms with E-state index in [9.17, 15) is 4.79 Å². The normalized spacial score (nSPS) is 15.8. The molecule has 0 aromatic heterocycles. The van der Waals surface area contributed by atoms with Crippen molar-refractivity contribution >= 4 is 34.6 Å². The Bertz CT molecular complexity index is 843. The number of para-hydroxylation sites is 2. The number of anilines is 1. The highest BCUT2D eigenvalue weighted by molar-refractivity contribution is 8.13. The molecule has 2 aromatic carbocycles.